The van der Waals surface area contributed by atoms with Crippen LogP contribution in [-0.4, -0.2) is 10.9 Å². The zero-order chi connectivity index (χ0) is 13.7. The van der Waals surface area contributed by atoms with Crippen molar-refractivity contribution in [2.45, 2.75) is 26.7 Å². The summed E-state index contributed by atoms with van der Waals surface area (Å²) in [5.74, 6) is 0.0433. The average molecular weight is 254 g/mol. The molecule has 0 saturated heterocycles. The number of nitrogens with zero attached hydrogens (tertiary/aromatic N) is 1. The molecule has 0 atom stereocenters. The van der Waals surface area contributed by atoms with Gasteiger partial charge in [-0.2, -0.15) is 0 Å². The molecule has 0 saturated carbocycles. The molecule has 0 radical (unpaired) electrons. The number of rotatable bonds is 4. The van der Waals surface area contributed by atoms with E-state index >= 15 is 0 Å². The molecule has 1 aromatic carbocycles. The van der Waals surface area contributed by atoms with Crippen LogP contribution in [0.25, 0.3) is 0 Å². The predicted molar refractivity (Wildman–Crippen MR) is 77.1 cm³/mol. The molecule has 0 aliphatic heterocycles. The molecule has 1 amide bonds. The number of hydrogen-bond donors (Lipinski definition) is 1. The summed E-state index contributed by atoms with van der Waals surface area (Å²) in [5, 5.41) is 2.94. The highest BCUT2D eigenvalue weighted by molar-refractivity contribution is 5.91. The Kier molecular flexibility index (Phi) is 4.29. The normalized spacial score (nSPS) is 10.2. The number of pyridine rings is 1. The van der Waals surface area contributed by atoms with Crippen LogP contribution in [0.4, 0.5) is 5.69 Å². The van der Waals surface area contributed by atoms with E-state index in [1.807, 2.05) is 38.1 Å². The van der Waals surface area contributed by atoms with Gasteiger partial charge in [0, 0.05) is 24.5 Å². The van der Waals surface area contributed by atoms with Gasteiger partial charge in [0.15, 0.2) is 0 Å². The van der Waals surface area contributed by atoms with Crippen LogP contribution in [0.5, 0.6) is 0 Å². The first-order valence-electron chi connectivity index (χ1n) is 6.40. The van der Waals surface area contributed by atoms with E-state index in [4.69, 9.17) is 0 Å². The van der Waals surface area contributed by atoms with E-state index in [-0.39, 0.29) is 5.91 Å². The Bertz CT molecular complexity index is 544. The van der Waals surface area contributed by atoms with E-state index < -0.39 is 0 Å². The van der Waals surface area contributed by atoms with Crippen molar-refractivity contribution >= 4 is 11.6 Å². The van der Waals surface area contributed by atoms with Crippen molar-refractivity contribution in [3.8, 4) is 0 Å². The molecule has 3 nitrogen and oxygen atoms in total. The zero-order valence-corrected chi connectivity index (χ0v) is 11.3. The van der Waals surface area contributed by atoms with Gasteiger partial charge in [-0.25, -0.2) is 0 Å². The van der Waals surface area contributed by atoms with Crippen molar-refractivity contribution in [3.63, 3.8) is 0 Å². The molecule has 0 aliphatic carbocycles. The number of anilines is 1. The summed E-state index contributed by atoms with van der Waals surface area (Å²) in [7, 11) is 0. The number of aryl methyl sites for hydroxylation is 3. The van der Waals surface area contributed by atoms with Crippen molar-refractivity contribution < 1.29 is 4.79 Å². The summed E-state index contributed by atoms with van der Waals surface area (Å²) in [6.07, 6.45) is 4.71. The van der Waals surface area contributed by atoms with Crippen molar-refractivity contribution in [1.82, 2.24) is 4.98 Å². The van der Waals surface area contributed by atoms with E-state index in [0.717, 1.165) is 28.8 Å². The van der Waals surface area contributed by atoms with Crippen LogP contribution >= 0.6 is 0 Å². The average Bonchev–Trinajstić information content (AvgIpc) is 2.36. The number of aromatic nitrogens is 1. The predicted octanol–water partition coefficient (Wildman–Crippen LogP) is 3.27. The second kappa shape index (κ2) is 6.14. The topological polar surface area (TPSA) is 42.0 Å². The highest BCUT2D eigenvalue weighted by atomic mass is 16.1. The Morgan fingerprint density at radius 3 is 2.37 bits per heavy atom. The largest absolute Gasteiger partial charge is 0.326 e. The number of nitrogens with one attached hydrogen (secondary N) is 1. The molecule has 0 fully saturated rings. The first kappa shape index (κ1) is 13.3. The van der Waals surface area contributed by atoms with Crippen LogP contribution in [0.1, 0.15) is 23.1 Å². The summed E-state index contributed by atoms with van der Waals surface area (Å²) < 4.78 is 0. The Morgan fingerprint density at radius 2 is 1.74 bits per heavy atom. The van der Waals surface area contributed by atoms with Crippen LogP contribution in [0.3, 0.4) is 0 Å². The fraction of sp³-hybridized carbons (Fsp3) is 0.250. The molecule has 0 aliphatic rings. The van der Waals surface area contributed by atoms with Gasteiger partial charge in [0.2, 0.25) is 5.91 Å². The third-order valence-corrected chi connectivity index (χ3v) is 2.90. The Hall–Kier alpha value is -2.16. The highest BCUT2D eigenvalue weighted by Crippen LogP contribution is 2.14. The lowest BCUT2D eigenvalue weighted by atomic mass is 10.1. The fourth-order valence-corrected chi connectivity index (χ4v) is 2.08. The number of carbonyl (C=O) groups excluding carboxylic acids is 1. The van der Waals surface area contributed by atoms with E-state index in [0.29, 0.717) is 6.42 Å². The maximum Gasteiger partial charge on any atom is 0.224 e. The Morgan fingerprint density at radius 1 is 1.11 bits per heavy atom. The van der Waals surface area contributed by atoms with Crippen molar-refractivity contribution in [3.05, 3.63) is 59.4 Å². The standard InChI is InChI=1S/C16H18N2O/c1-12-9-13(2)11-15(10-12)18-16(19)4-3-14-5-7-17-8-6-14/h5-11H,3-4H2,1-2H3,(H,18,19). The SMILES string of the molecule is Cc1cc(C)cc(NC(=O)CCc2ccncc2)c1. The second-order valence-electron chi connectivity index (χ2n) is 4.78. The van der Waals surface area contributed by atoms with Gasteiger partial charge < -0.3 is 5.32 Å². The van der Waals surface area contributed by atoms with E-state index in [1.54, 1.807) is 12.4 Å². The summed E-state index contributed by atoms with van der Waals surface area (Å²) in [5.41, 5.74) is 4.32. The maximum atomic E-state index is 11.9. The molecule has 2 aromatic rings. The van der Waals surface area contributed by atoms with Crippen LogP contribution in [0.15, 0.2) is 42.7 Å². The van der Waals surface area contributed by atoms with Crippen LogP contribution < -0.4 is 5.32 Å². The molecular weight excluding hydrogens is 236 g/mol. The molecular formula is C16H18N2O. The molecule has 0 bridgehead atoms. The highest BCUT2D eigenvalue weighted by Gasteiger charge is 2.04. The van der Waals surface area contributed by atoms with E-state index in [2.05, 4.69) is 16.4 Å². The molecule has 1 aromatic heterocycles. The third-order valence-electron chi connectivity index (χ3n) is 2.90. The van der Waals surface area contributed by atoms with Crippen molar-refractivity contribution in [2.75, 3.05) is 5.32 Å². The van der Waals surface area contributed by atoms with Crippen molar-refractivity contribution in [2.24, 2.45) is 0 Å². The molecule has 2 rings (SSSR count). The Labute approximate surface area is 113 Å². The summed E-state index contributed by atoms with van der Waals surface area (Å²) in [6, 6.07) is 9.93. The molecule has 19 heavy (non-hydrogen) atoms. The van der Waals surface area contributed by atoms with Gasteiger partial charge in [0.25, 0.3) is 0 Å². The maximum absolute atomic E-state index is 11.9. The first-order valence-corrected chi connectivity index (χ1v) is 6.40. The quantitative estimate of drug-likeness (QED) is 0.909. The minimum absolute atomic E-state index is 0.0433. The van der Waals surface area contributed by atoms with Crippen LogP contribution in [-0.2, 0) is 11.2 Å². The number of benzene rings is 1. The van der Waals surface area contributed by atoms with Gasteiger partial charge >= 0.3 is 0 Å². The molecule has 98 valence electrons. The van der Waals surface area contributed by atoms with Gasteiger partial charge in [-0.15, -0.1) is 0 Å². The lowest BCUT2D eigenvalue weighted by Gasteiger charge is -2.07. The van der Waals surface area contributed by atoms with Gasteiger partial charge in [-0.05, 0) is 61.2 Å². The number of amides is 1. The summed E-state index contributed by atoms with van der Waals surface area (Å²) in [4.78, 5) is 15.8. The second-order valence-corrected chi connectivity index (χ2v) is 4.78. The lowest BCUT2D eigenvalue weighted by Crippen LogP contribution is -2.12. The lowest BCUT2D eigenvalue weighted by molar-refractivity contribution is -0.116. The van der Waals surface area contributed by atoms with Gasteiger partial charge in [-0.1, -0.05) is 6.07 Å². The van der Waals surface area contributed by atoms with E-state index in [9.17, 15) is 4.79 Å². The number of hydrogen-bond acceptors (Lipinski definition) is 2. The molecule has 3 heteroatoms. The van der Waals surface area contributed by atoms with Crippen molar-refractivity contribution in [1.29, 1.82) is 0 Å². The zero-order valence-electron chi connectivity index (χ0n) is 11.3. The molecule has 1 heterocycles. The van der Waals surface area contributed by atoms with Crippen LogP contribution in [0.2, 0.25) is 0 Å². The number of carbonyl (C=O) groups is 1. The monoisotopic (exact) mass is 254 g/mol. The summed E-state index contributed by atoms with van der Waals surface area (Å²) in [6.45, 7) is 4.05. The molecule has 0 spiro atoms. The van der Waals surface area contributed by atoms with Crippen LogP contribution in [0, 0.1) is 13.8 Å². The van der Waals surface area contributed by atoms with Gasteiger partial charge in [0.1, 0.15) is 0 Å². The van der Waals surface area contributed by atoms with Gasteiger partial charge in [0.05, 0.1) is 0 Å². The summed E-state index contributed by atoms with van der Waals surface area (Å²) >= 11 is 0. The third kappa shape index (κ3) is 4.21. The van der Waals surface area contributed by atoms with Gasteiger partial charge in [-0.3, -0.25) is 9.78 Å². The first-order chi connectivity index (χ1) is 9.13. The molecule has 1 N–H and O–H groups in total. The van der Waals surface area contributed by atoms with E-state index in [1.165, 1.54) is 0 Å². The smallest absolute Gasteiger partial charge is 0.224 e. The molecule has 0 unspecified atom stereocenters. The minimum Gasteiger partial charge on any atom is -0.326 e. The fourth-order valence-electron chi connectivity index (χ4n) is 2.08. The minimum atomic E-state index is 0.0433. The Balaban J connectivity index is 1.91.